The molecule has 2 atom stereocenters. The molecule has 0 radical (unpaired) electrons. The third-order valence-electron chi connectivity index (χ3n) is 4.31. The van der Waals surface area contributed by atoms with Gasteiger partial charge in [-0.2, -0.15) is 9.40 Å². The second-order valence-corrected chi connectivity index (χ2v) is 7.75. The molecular weight excluding hydrogens is 288 g/mol. The molecular formula is C14H26N4O2S. The summed E-state index contributed by atoms with van der Waals surface area (Å²) in [5, 5.41) is 10.2. The summed E-state index contributed by atoms with van der Waals surface area (Å²) in [6, 6.07) is 0.333. The Balaban J connectivity index is 2.21. The minimum atomic E-state index is -3.45. The average molecular weight is 314 g/mol. The molecule has 0 aliphatic carbocycles. The van der Waals surface area contributed by atoms with Gasteiger partial charge in [0.15, 0.2) is 0 Å². The Hall–Kier alpha value is -0.920. The Bertz CT molecular complexity index is 562. The third kappa shape index (κ3) is 3.30. The minimum Gasteiger partial charge on any atom is -0.314 e. The van der Waals surface area contributed by atoms with E-state index in [9.17, 15) is 8.42 Å². The highest BCUT2D eigenvalue weighted by atomic mass is 32.2. The van der Waals surface area contributed by atoms with Crippen LogP contribution in [0.2, 0.25) is 0 Å². The van der Waals surface area contributed by atoms with Crippen LogP contribution in [0.1, 0.15) is 38.1 Å². The minimum absolute atomic E-state index is 0.333. The van der Waals surface area contributed by atoms with Gasteiger partial charge in [-0.15, -0.1) is 0 Å². The second kappa shape index (κ2) is 6.46. The van der Waals surface area contributed by atoms with Crippen LogP contribution in [0.15, 0.2) is 4.90 Å². The molecule has 6 nitrogen and oxygen atoms in total. The first-order valence-electron chi connectivity index (χ1n) is 7.63. The van der Waals surface area contributed by atoms with E-state index in [2.05, 4.69) is 29.4 Å². The number of piperidine rings is 1. The molecule has 2 N–H and O–H groups in total. The van der Waals surface area contributed by atoms with E-state index in [1.165, 1.54) is 0 Å². The summed E-state index contributed by atoms with van der Waals surface area (Å²) in [5.41, 5.74) is 1.17. The van der Waals surface area contributed by atoms with E-state index in [0.717, 1.165) is 19.4 Å². The largest absolute Gasteiger partial charge is 0.314 e. The first-order valence-corrected chi connectivity index (χ1v) is 9.07. The van der Waals surface area contributed by atoms with Gasteiger partial charge in [-0.1, -0.05) is 6.92 Å². The quantitative estimate of drug-likeness (QED) is 0.862. The van der Waals surface area contributed by atoms with Crippen molar-refractivity contribution in [2.75, 3.05) is 19.6 Å². The van der Waals surface area contributed by atoms with Crippen LogP contribution < -0.4 is 5.32 Å². The van der Waals surface area contributed by atoms with Crippen molar-refractivity contribution in [2.45, 2.75) is 51.5 Å². The number of aromatic amines is 1. The molecule has 0 aromatic carbocycles. The Kier molecular flexibility index (Phi) is 5.06. The third-order valence-corrected chi connectivity index (χ3v) is 6.44. The SMILES string of the molecule is CCNC(C)C1CCCN(S(=O)(=O)c2c(C)n[nH]c2C)C1. The van der Waals surface area contributed by atoms with Crippen molar-refractivity contribution in [2.24, 2.45) is 5.92 Å². The van der Waals surface area contributed by atoms with E-state index in [1.54, 1.807) is 18.2 Å². The summed E-state index contributed by atoms with van der Waals surface area (Å²) in [6.07, 6.45) is 1.99. The van der Waals surface area contributed by atoms with Gasteiger partial charge in [-0.05, 0) is 46.1 Å². The maximum Gasteiger partial charge on any atom is 0.246 e. The van der Waals surface area contributed by atoms with Crippen LogP contribution in [-0.4, -0.2) is 48.6 Å². The van der Waals surface area contributed by atoms with Crippen molar-refractivity contribution in [3.63, 3.8) is 0 Å². The Labute approximate surface area is 127 Å². The van der Waals surface area contributed by atoms with Crippen molar-refractivity contribution in [1.82, 2.24) is 19.8 Å². The van der Waals surface area contributed by atoms with E-state index < -0.39 is 10.0 Å². The van der Waals surface area contributed by atoms with E-state index in [-0.39, 0.29) is 0 Å². The molecule has 120 valence electrons. The molecule has 7 heteroatoms. The number of hydrogen-bond donors (Lipinski definition) is 2. The molecule has 1 fully saturated rings. The lowest BCUT2D eigenvalue weighted by Crippen LogP contribution is -2.46. The Morgan fingerprint density at radius 2 is 2.19 bits per heavy atom. The smallest absolute Gasteiger partial charge is 0.246 e. The van der Waals surface area contributed by atoms with E-state index >= 15 is 0 Å². The monoisotopic (exact) mass is 314 g/mol. The number of nitrogens with one attached hydrogen (secondary N) is 2. The standard InChI is InChI=1S/C14H26N4O2S/c1-5-15-10(2)13-7-6-8-18(9-13)21(19,20)14-11(3)16-17-12(14)4/h10,13,15H,5-9H2,1-4H3,(H,16,17). The van der Waals surface area contributed by atoms with Crippen LogP contribution in [0.25, 0.3) is 0 Å². The summed E-state index contributed by atoms with van der Waals surface area (Å²) in [7, 11) is -3.45. The summed E-state index contributed by atoms with van der Waals surface area (Å²) in [5.74, 6) is 0.362. The summed E-state index contributed by atoms with van der Waals surface area (Å²) in [6.45, 7) is 9.80. The number of hydrogen-bond acceptors (Lipinski definition) is 4. The number of H-pyrrole nitrogens is 1. The summed E-state index contributed by atoms with van der Waals surface area (Å²) < 4.78 is 27.3. The van der Waals surface area contributed by atoms with E-state index in [4.69, 9.17) is 0 Å². The zero-order valence-corrected chi connectivity index (χ0v) is 14.1. The Morgan fingerprint density at radius 1 is 1.48 bits per heavy atom. The van der Waals surface area contributed by atoms with Gasteiger partial charge < -0.3 is 5.32 Å². The molecule has 0 bridgehead atoms. The van der Waals surface area contributed by atoms with Gasteiger partial charge >= 0.3 is 0 Å². The predicted octanol–water partition coefficient (Wildman–Crippen LogP) is 1.43. The zero-order valence-electron chi connectivity index (χ0n) is 13.3. The summed E-state index contributed by atoms with van der Waals surface area (Å²) >= 11 is 0. The number of rotatable bonds is 5. The molecule has 21 heavy (non-hydrogen) atoms. The van der Waals surface area contributed by atoms with Gasteiger partial charge in [0, 0.05) is 19.1 Å². The lowest BCUT2D eigenvalue weighted by atomic mass is 9.93. The van der Waals surface area contributed by atoms with Gasteiger partial charge in [0.25, 0.3) is 0 Å². The van der Waals surface area contributed by atoms with Crippen LogP contribution >= 0.6 is 0 Å². The molecule has 2 unspecified atom stereocenters. The highest BCUT2D eigenvalue weighted by Gasteiger charge is 2.34. The fourth-order valence-electron chi connectivity index (χ4n) is 3.14. The molecule has 1 aliphatic heterocycles. The van der Waals surface area contributed by atoms with Gasteiger partial charge in [-0.3, -0.25) is 5.10 Å². The molecule has 0 amide bonds. The predicted molar refractivity (Wildman–Crippen MR) is 82.7 cm³/mol. The van der Waals surface area contributed by atoms with Gasteiger partial charge in [0.05, 0.1) is 11.4 Å². The highest BCUT2D eigenvalue weighted by Crippen LogP contribution is 2.27. The Morgan fingerprint density at radius 3 is 2.76 bits per heavy atom. The topological polar surface area (TPSA) is 78.1 Å². The number of sulfonamides is 1. The van der Waals surface area contributed by atoms with Gasteiger partial charge in [0.1, 0.15) is 4.90 Å². The van der Waals surface area contributed by atoms with E-state index in [1.807, 2.05) is 0 Å². The van der Waals surface area contributed by atoms with E-state index in [0.29, 0.717) is 41.3 Å². The lowest BCUT2D eigenvalue weighted by molar-refractivity contribution is 0.225. The molecule has 2 rings (SSSR count). The number of nitrogens with zero attached hydrogens (tertiary/aromatic N) is 2. The first-order chi connectivity index (χ1) is 9.87. The molecule has 1 aromatic rings. The molecule has 0 spiro atoms. The van der Waals surface area contributed by atoms with Crippen LogP contribution in [0, 0.1) is 19.8 Å². The van der Waals surface area contributed by atoms with Gasteiger partial charge in [-0.25, -0.2) is 8.42 Å². The van der Waals surface area contributed by atoms with Gasteiger partial charge in [0.2, 0.25) is 10.0 Å². The fraction of sp³-hybridized carbons (Fsp3) is 0.786. The maximum atomic E-state index is 12.9. The number of aryl methyl sites for hydroxylation is 2. The van der Waals surface area contributed by atoms with Crippen LogP contribution in [0.5, 0.6) is 0 Å². The molecule has 0 saturated carbocycles. The molecule has 1 aromatic heterocycles. The van der Waals surface area contributed by atoms with Crippen LogP contribution in [-0.2, 0) is 10.0 Å². The maximum absolute atomic E-state index is 12.9. The zero-order chi connectivity index (χ0) is 15.6. The fourth-order valence-corrected chi connectivity index (χ4v) is 5.01. The highest BCUT2D eigenvalue weighted by molar-refractivity contribution is 7.89. The van der Waals surface area contributed by atoms with Crippen molar-refractivity contribution in [3.8, 4) is 0 Å². The van der Waals surface area contributed by atoms with Crippen molar-refractivity contribution in [3.05, 3.63) is 11.4 Å². The number of aromatic nitrogens is 2. The molecule has 1 aliphatic rings. The normalized spacial score (nSPS) is 22.4. The van der Waals surface area contributed by atoms with Crippen LogP contribution in [0.3, 0.4) is 0 Å². The first kappa shape index (κ1) is 16.5. The molecule has 2 heterocycles. The molecule has 1 saturated heterocycles. The second-order valence-electron chi connectivity index (χ2n) is 5.87. The van der Waals surface area contributed by atoms with Crippen molar-refractivity contribution in [1.29, 1.82) is 0 Å². The van der Waals surface area contributed by atoms with Crippen LogP contribution in [0.4, 0.5) is 0 Å². The van der Waals surface area contributed by atoms with Crippen molar-refractivity contribution >= 4 is 10.0 Å². The van der Waals surface area contributed by atoms with Crippen molar-refractivity contribution < 1.29 is 8.42 Å². The lowest BCUT2D eigenvalue weighted by Gasteiger charge is -2.35. The summed E-state index contributed by atoms with van der Waals surface area (Å²) in [4.78, 5) is 0.347. The average Bonchev–Trinajstić information content (AvgIpc) is 2.79.